The molecule has 0 saturated carbocycles. The van der Waals surface area contributed by atoms with Crippen LogP contribution in [0.15, 0.2) is 24.3 Å². The van der Waals surface area contributed by atoms with Gasteiger partial charge in [-0.1, -0.05) is 17.7 Å². The van der Waals surface area contributed by atoms with Gasteiger partial charge in [-0.05, 0) is 32.9 Å². The molecule has 0 unspecified atom stereocenters. The first-order chi connectivity index (χ1) is 9.58. The summed E-state index contributed by atoms with van der Waals surface area (Å²) >= 11 is 0. The molecule has 0 aliphatic carbocycles. The number of rotatable bonds is 6. The number of nitrogens with zero attached hydrogens (tertiary/aromatic N) is 1. The van der Waals surface area contributed by atoms with Crippen molar-refractivity contribution in [2.75, 3.05) is 26.3 Å². The Morgan fingerprint density at radius 3 is 2.10 bits per heavy atom. The van der Waals surface area contributed by atoms with Crippen LogP contribution in [0.5, 0.6) is 0 Å². The Kier molecular flexibility index (Phi) is 6.56. The lowest BCUT2D eigenvalue weighted by molar-refractivity contribution is 0.0360. The molecule has 0 saturated heterocycles. The molecular formula is C15H21NO4. The van der Waals surface area contributed by atoms with Gasteiger partial charge in [0.05, 0.1) is 5.56 Å². The van der Waals surface area contributed by atoms with Crippen molar-refractivity contribution in [1.29, 1.82) is 0 Å². The summed E-state index contributed by atoms with van der Waals surface area (Å²) in [5.41, 5.74) is 1.57. The molecule has 0 aromatic heterocycles. The Balaban J connectivity index is 2.29. The topological polar surface area (TPSA) is 55.8 Å². The highest BCUT2D eigenvalue weighted by Crippen LogP contribution is 2.04. The molecule has 20 heavy (non-hydrogen) atoms. The Labute approximate surface area is 119 Å². The van der Waals surface area contributed by atoms with Crippen LogP contribution in [0.3, 0.4) is 0 Å². The zero-order valence-corrected chi connectivity index (χ0v) is 12.2. The van der Waals surface area contributed by atoms with E-state index in [1.165, 1.54) is 0 Å². The molecule has 1 aromatic carbocycles. The molecule has 110 valence electrons. The molecule has 5 heteroatoms. The smallest absolute Gasteiger partial charge is 0.409 e. The maximum Gasteiger partial charge on any atom is 0.409 e. The maximum atomic E-state index is 11.7. The van der Waals surface area contributed by atoms with Crippen LogP contribution in [-0.2, 0) is 9.47 Å². The Bertz CT molecular complexity index is 438. The van der Waals surface area contributed by atoms with E-state index in [0.29, 0.717) is 18.7 Å². The third-order valence-corrected chi connectivity index (χ3v) is 2.85. The molecule has 0 spiro atoms. The van der Waals surface area contributed by atoms with Crippen molar-refractivity contribution < 1.29 is 19.1 Å². The summed E-state index contributed by atoms with van der Waals surface area (Å²) < 4.78 is 10.0. The first kappa shape index (κ1) is 16.0. The zero-order chi connectivity index (χ0) is 15.0. The van der Waals surface area contributed by atoms with E-state index in [9.17, 15) is 9.59 Å². The van der Waals surface area contributed by atoms with Crippen molar-refractivity contribution in [3.05, 3.63) is 35.4 Å². The van der Waals surface area contributed by atoms with E-state index in [2.05, 4.69) is 0 Å². The van der Waals surface area contributed by atoms with E-state index < -0.39 is 5.97 Å². The highest BCUT2D eigenvalue weighted by atomic mass is 16.6. The summed E-state index contributed by atoms with van der Waals surface area (Å²) in [6.45, 7) is 7.01. The molecule has 0 aliphatic rings. The minimum absolute atomic E-state index is 0.0553. The van der Waals surface area contributed by atoms with Gasteiger partial charge < -0.3 is 14.4 Å². The summed E-state index contributed by atoms with van der Waals surface area (Å²) in [7, 11) is 0. The average molecular weight is 279 g/mol. The number of aryl methyl sites for hydroxylation is 1. The molecular weight excluding hydrogens is 258 g/mol. The standard InChI is InChI=1S/C15H21NO4/c1-4-16(5-2)15(18)20-11-10-19-14(17)13-8-6-12(3)7-9-13/h6-9H,4-5,10-11H2,1-3H3. The second kappa shape index (κ2) is 8.19. The number of esters is 1. The number of benzene rings is 1. The molecule has 1 amide bonds. The molecule has 0 bridgehead atoms. The lowest BCUT2D eigenvalue weighted by atomic mass is 10.1. The van der Waals surface area contributed by atoms with E-state index in [1.54, 1.807) is 17.0 Å². The van der Waals surface area contributed by atoms with E-state index in [1.807, 2.05) is 32.9 Å². The average Bonchev–Trinajstić information content (AvgIpc) is 2.45. The number of carbonyl (C=O) groups is 2. The predicted molar refractivity (Wildman–Crippen MR) is 75.7 cm³/mol. The van der Waals surface area contributed by atoms with E-state index in [0.717, 1.165) is 5.56 Å². The number of hydrogen-bond acceptors (Lipinski definition) is 4. The van der Waals surface area contributed by atoms with Crippen molar-refractivity contribution in [1.82, 2.24) is 4.90 Å². The van der Waals surface area contributed by atoms with Gasteiger partial charge in [0, 0.05) is 13.1 Å². The lowest BCUT2D eigenvalue weighted by Crippen LogP contribution is -2.32. The molecule has 0 heterocycles. The number of ether oxygens (including phenoxy) is 2. The van der Waals surface area contributed by atoms with Gasteiger partial charge in [0.2, 0.25) is 0 Å². The fourth-order valence-corrected chi connectivity index (χ4v) is 1.61. The molecule has 1 rings (SSSR count). The van der Waals surface area contributed by atoms with E-state index in [-0.39, 0.29) is 19.3 Å². The van der Waals surface area contributed by atoms with Crippen LogP contribution < -0.4 is 0 Å². The van der Waals surface area contributed by atoms with Crippen molar-refractivity contribution in [3.8, 4) is 0 Å². The quantitative estimate of drug-likeness (QED) is 0.593. The van der Waals surface area contributed by atoms with Gasteiger partial charge >= 0.3 is 12.1 Å². The second-order valence-corrected chi connectivity index (χ2v) is 4.29. The van der Waals surface area contributed by atoms with Gasteiger partial charge in [0.1, 0.15) is 13.2 Å². The van der Waals surface area contributed by atoms with Gasteiger partial charge in [-0.25, -0.2) is 9.59 Å². The Hall–Kier alpha value is -2.04. The highest BCUT2D eigenvalue weighted by Gasteiger charge is 2.11. The third kappa shape index (κ3) is 4.91. The molecule has 0 radical (unpaired) electrons. The summed E-state index contributed by atoms with van der Waals surface area (Å²) in [5.74, 6) is -0.413. The van der Waals surface area contributed by atoms with Crippen molar-refractivity contribution in [2.45, 2.75) is 20.8 Å². The van der Waals surface area contributed by atoms with Gasteiger partial charge in [-0.2, -0.15) is 0 Å². The molecule has 0 aliphatic heterocycles. The predicted octanol–water partition coefficient (Wildman–Crippen LogP) is 2.63. The third-order valence-electron chi connectivity index (χ3n) is 2.85. The molecule has 0 fully saturated rings. The monoisotopic (exact) mass is 279 g/mol. The zero-order valence-electron chi connectivity index (χ0n) is 12.2. The minimum Gasteiger partial charge on any atom is -0.458 e. The van der Waals surface area contributed by atoms with Gasteiger partial charge in [0.25, 0.3) is 0 Å². The fourth-order valence-electron chi connectivity index (χ4n) is 1.61. The number of hydrogen-bond donors (Lipinski definition) is 0. The van der Waals surface area contributed by atoms with Crippen LogP contribution in [0.2, 0.25) is 0 Å². The fraction of sp³-hybridized carbons (Fsp3) is 0.467. The number of carbonyl (C=O) groups excluding carboxylic acids is 2. The summed E-state index contributed by atoms with van der Waals surface area (Å²) in [5, 5.41) is 0. The molecule has 0 N–H and O–H groups in total. The summed E-state index contributed by atoms with van der Waals surface area (Å²) in [4.78, 5) is 24.8. The summed E-state index contributed by atoms with van der Waals surface area (Å²) in [6.07, 6.45) is -0.388. The van der Waals surface area contributed by atoms with Gasteiger partial charge in [-0.15, -0.1) is 0 Å². The van der Waals surface area contributed by atoms with E-state index in [4.69, 9.17) is 9.47 Å². The van der Waals surface area contributed by atoms with Crippen molar-refractivity contribution in [3.63, 3.8) is 0 Å². The van der Waals surface area contributed by atoms with Crippen LogP contribution >= 0.6 is 0 Å². The van der Waals surface area contributed by atoms with Crippen LogP contribution in [0, 0.1) is 6.92 Å². The van der Waals surface area contributed by atoms with E-state index >= 15 is 0 Å². The Morgan fingerprint density at radius 2 is 1.55 bits per heavy atom. The lowest BCUT2D eigenvalue weighted by Gasteiger charge is -2.17. The van der Waals surface area contributed by atoms with Gasteiger partial charge in [0.15, 0.2) is 0 Å². The van der Waals surface area contributed by atoms with Crippen LogP contribution in [0.25, 0.3) is 0 Å². The van der Waals surface area contributed by atoms with Gasteiger partial charge in [-0.3, -0.25) is 0 Å². The SMILES string of the molecule is CCN(CC)C(=O)OCCOC(=O)c1ccc(C)cc1. The minimum atomic E-state index is -0.413. The normalized spacial score (nSPS) is 9.95. The first-order valence-electron chi connectivity index (χ1n) is 6.74. The molecule has 5 nitrogen and oxygen atoms in total. The van der Waals surface area contributed by atoms with Crippen LogP contribution in [0.4, 0.5) is 4.79 Å². The largest absolute Gasteiger partial charge is 0.458 e. The Morgan fingerprint density at radius 1 is 1.00 bits per heavy atom. The van der Waals surface area contributed by atoms with Crippen LogP contribution in [0.1, 0.15) is 29.8 Å². The molecule has 1 aromatic rings. The number of amides is 1. The van der Waals surface area contributed by atoms with Crippen molar-refractivity contribution in [2.24, 2.45) is 0 Å². The summed E-state index contributed by atoms with van der Waals surface area (Å²) in [6, 6.07) is 7.10. The van der Waals surface area contributed by atoms with Crippen molar-refractivity contribution >= 4 is 12.1 Å². The highest BCUT2D eigenvalue weighted by molar-refractivity contribution is 5.89. The first-order valence-corrected chi connectivity index (χ1v) is 6.74. The maximum absolute atomic E-state index is 11.7. The molecule has 0 atom stereocenters. The second-order valence-electron chi connectivity index (χ2n) is 4.29. The van der Waals surface area contributed by atoms with Crippen LogP contribution in [-0.4, -0.2) is 43.3 Å².